The van der Waals surface area contributed by atoms with Crippen molar-refractivity contribution in [3.8, 4) is 11.4 Å². The third-order valence-corrected chi connectivity index (χ3v) is 2.85. The van der Waals surface area contributed by atoms with Crippen LogP contribution in [0.25, 0.3) is 11.4 Å². The van der Waals surface area contributed by atoms with Crippen molar-refractivity contribution in [1.82, 2.24) is 15.1 Å². The second-order valence-electron chi connectivity index (χ2n) is 4.89. The molecule has 0 radical (unpaired) electrons. The summed E-state index contributed by atoms with van der Waals surface area (Å²) in [5, 5.41) is 3.94. The van der Waals surface area contributed by atoms with Gasteiger partial charge in [0.2, 0.25) is 11.7 Å². The minimum atomic E-state index is -0.230. The fourth-order valence-corrected chi connectivity index (χ4v) is 1.80. The van der Waals surface area contributed by atoms with Gasteiger partial charge in [-0.1, -0.05) is 5.16 Å². The third kappa shape index (κ3) is 3.61. The number of hydrogen-bond donors (Lipinski definition) is 1. The summed E-state index contributed by atoms with van der Waals surface area (Å²) < 4.78 is 6.08. The van der Waals surface area contributed by atoms with E-state index < -0.39 is 0 Å². The van der Waals surface area contributed by atoms with Gasteiger partial charge in [-0.3, -0.25) is 4.98 Å². The maximum Gasteiger partial charge on any atom is 0.227 e. The maximum absolute atomic E-state index is 5.92. The van der Waals surface area contributed by atoms with Gasteiger partial charge in [0, 0.05) is 34.4 Å². The van der Waals surface area contributed by atoms with Crippen molar-refractivity contribution < 1.29 is 4.52 Å². The molecular formula is C12H15BrN4O. The second kappa shape index (κ2) is 5.16. The molecule has 0 aromatic carbocycles. The highest BCUT2D eigenvalue weighted by Gasteiger charge is 2.14. The lowest BCUT2D eigenvalue weighted by molar-refractivity contribution is 0.358. The Morgan fingerprint density at radius 2 is 2.17 bits per heavy atom. The first-order chi connectivity index (χ1) is 8.44. The molecule has 2 N–H and O–H groups in total. The molecule has 0 saturated carbocycles. The van der Waals surface area contributed by atoms with Crippen LogP contribution in [0.15, 0.2) is 27.5 Å². The van der Waals surface area contributed by atoms with Crippen LogP contribution in [0.2, 0.25) is 0 Å². The molecule has 0 unspecified atom stereocenters. The molecule has 0 aliphatic carbocycles. The predicted octanol–water partition coefficient (Wildman–Crippen LogP) is 2.56. The number of hydrogen-bond acceptors (Lipinski definition) is 5. The zero-order valence-electron chi connectivity index (χ0n) is 10.4. The molecule has 96 valence electrons. The number of aromatic nitrogens is 3. The molecule has 0 aliphatic rings. The standard InChI is InChI=1S/C12H15BrN4O/c1-12(2,14)4-3-10-16-11(17-18-10)8-5-9(13)7-15-6-8/h5-7H,3-4,14H2,1-2H3. The molecule has 0 amide bonds. The van der Waals surface area contributed by atoms with E-state index >= 15 is 0 Å². The Balaban J connectivity index is 2.11. The number of pyridine rings is 1. The smallest absolute Gasteiger partial charge is 0.227 e. The van der Waals surface area contributed by atoms with E-state index in [1.54, 1.807) is 12.4 Å². The predicted molar refractivity (Wildman–Crippen MR) is 71.8 cm³/mol. The molecule has 0 saturated heterocycles. The second-order valence-corrected chi connectivity index (χ2v) is 5.81. The van der Waals surface area contributed by atoms with Gasteiger partial charge in [0.25, 0.3) is 0 Å². The monoisotopic (exact) mass is 310 g/mol. The summed E-state index contributed by atoms with van der Waals surface area (Å²) in [5.41, 5.74) is 6.51. The van der Waals surface area contributed by atoms with Crippen molar-refractivity contribution in [2.24, 2.45) is 5.73 Å². The van der Waals surface area contributed by atoms with Crippen LogP contribution < -0.4 is 5.73 Å². The summed E-state index contributed by atoms with van der Waals surface area (Å²) in [7, 11) is 0. The van der Waals surface area contributed by atoms with Crippen LogP contribution in [-0.2, 0) is 6.42 Å². The highest BCUT2D eigenvalue weighted by atomic mass is 79.9. The lowest BCUT2D eigenvalue weighted by Crippen LogP contribution is -2.32. The number of rotatable bonds is 4. The molecule has 2 aromatic rings. The highest BCUT2D eigenvalue weighted by Crippen LogP contribution is 2.19. The molecule has 0 fully saturated rings. The van der Waals surface area contributed by atoms with Gasteiger partial charge >= 0.3 is 0 Å². The van der Waals surface area contributed by atoms with Crippen LogP contribution in [0.4, 0.5) is 0 Å². The first kappa shape index (κ1) is 13.2. The molecule has 0 atom stereocenters. The van der Waals surface area contributed by atoms with E-state index in [0.717, 1.165) is 16.5 Å². The summed E-state index contributed by atoms with van der Waals surface area (Å²) >= 11 is 3.36. The SMILES string of the molecule is CC(C)(N)CCc1nc(-c2cncc(Br)c2)no1. The van der Waals surface area contributed by atoms with Crippen molar-refractivity contribution in [2.45, 2.75) is 32.2 Å². The van der Waals surface area contributed by atoms with E-state index in [2.05, 4.69) is 31.1 Å². The Hall–Kier alpha value is -1.27. The first-order valence-corrected chi connectivity index (χ1v) is 6.46. The topological polar surface area (TPSA) is 77.8 Å². The minimum absolute atomic E-state index is 0.230. The molecule has 2 rings (SSSR count). The molecule has 5 nitrogen and oxygen atoms in total. The van der Waals surface area contributed by atoms with Gasteiger partial charge in [-0.05, 0) is 42.3 Å². The maximum atomic E-state index is 5.92. The molecular weight excluding hydrogens is 296 g/mol. The van der Waals surface area contributed by atoms with Gasteiger partial charge in [-0.15, -0.1) is 0 Å². The van der Waals surface area contributed by atoms with Crippen molar-refractivity contribution in [3.05, 3.63) is 28.8 Å². The Bertz CT molecular complexity index is 533. The van der Waals surface area contributed by atoms with Crippen molar-refractivity contribution >= 4 is 15.9 Å². The molecule has 18 heavy (non-hydrogen) atoms. The van der Waals surface area contributed by atoms with E-state index in [-0.39, 0.29) is 5.54 Å². The average molecular weight is 311 g/mol. The largest absolute Gasteiger partial charge is 0.339 e. The first-order valence-electron chi connectivity index (χ1n) is 5.66. The van der Waals surface area contributed by atoms with E-state index in [9.17, 15) is 0 Å². The van der Waals surface area contributed by atoms with Crippen LogP contribution in [0.5, 0.6) is 0 Å². The van der Waals surface area contributed by atoms with Crippen molar-refractivity contribution in [2.75, 3.05) is 0 Å². The van der Waals surface area contributed by atoms with Crippen LogP contribution in [0.3, 0.4) is 0 Å². The van der Waals surface area contributed by atoms with Crippen LogP contribution >= 0.6 is 15.9 Å². The average Bonchev–Trinajstić information content (AvgIpc) is 2.74. The Kier molecular flexibility index (Phi) is 3.77. The van der Waals surface area contributed by atoms with Gasteiger partial charge in [-0.2, -0.15) is 4.98 Å². The Labute approximate surface area is 114 Å². The molecule has 0 bridgehead atoms. The van der Waals surface area contributed by atoms with Crippen molar-refractivity contribution in [1.29, 1.82) is 0 Å². The molecule has 0 spiro atoms. The quantitative estimate of drug-likeness (QED) is 0.939. The van der Waals surface area contributed by atoms with E-state index in [1.165, 1.54) is 0 Å². The fraction of sp³-hybridized carbons (Fsp3) is 0.417. The van der Waals surface area contributed by atoms with Gasteiger partial charge in [0.1, 0.15) is 0 Å². The Morgan fingerprint density at radius 3 is 2.83 bits per heavy atom. The molecule has 2 aromatic heterocycles. The summed E-state index contributed by atoms with van der Waals surface area (Å²) in [6, 6.07) is 1.90. The van der Waals surface area contributed by atoms with Crippen LogP contribution in [-0.4, -0.2) is 20.7 Å². The lowest BCUT2D eigenvalue weighted by Gasteiger charge is -2.16. The minimum Gasteiger partial charge on any atom is -0.339 e. The number of nitrogens with zero attached hydrogens (tertiary/aromatic N) is 3. The summed E-state index contributed by atoms with van der Waals surface area (Å²) in [6.07, 6.45) is 4.89. The summed E-state index contributed by atoms with van der Waals surface area (Å²) in [4.78, 5) is 8.40. The number of halogens is 1. The van der Waals surface area contributed by atoms with E-state index in [1.807, 2.05) is 19.9 Å². The number of nitrogens with two attached hydrogens (primary N) is 1. The summed E-state index contributed by atoms with van der Waals surface area (Å²) in [5.74, 6) is 1.15. The van der Waals surface area contributed by atoms with Crippen LogP contribution in [0, 0.1) is 0 Å². The van der Waals surface area contributed by atoms with Gasteiger partial charge in [0.05, 0.1) is 0 Å². The molecule has 6 heteroatoms. The fourth-order valence-electron chi connectivity index (χ4n) is 1.44. The molecule has 0 aliphatic heterocycles. The van der Waals surface area contributed by atoms with Gasteiger partial charge in [0.15, 0.2) is 0 Å². The summed E-state index contributed by atoms with van der Waals surface area (Å²) in [6.45, 7) is 3.95. The van der Waals surface area contributed by atoms with E-state index in [4.69, 9.17) is 10.3 Å². The van der Waals surface area contributed by atoms with Crippen LogP contribution in [0.1, 0.15) is 26.2 Å². The lowest BCUT2D eigenvalue weighted by atomic mass is 10.0. The zero-order chi connectivity index (χ0) is 13.2. The Morgan fingerprint density at radius 1 is 1.39 bits per heavy atom. The molecule has 2 heterocycles. The van der Waals surface area contributed by atoms with E-state index in [0.29, 0.717) is 18.1 Å². The highest BCUT2D eigenvalue weighted by molar-refractivity contribution is 9.10. The number of aryl methyl sites for hydroxylation is 1. The van der Waals surface area contributed by atoms with Gasteiger partial charge < -0.3 is 10.3 Å². The zero-order valence-corrected chi connectivity index (χ0v) is 11.9. The third-order valence-electron chi connectivity index (χ3n) is 2.41. The van der Waals surface area contributed by atoms with Crippen molar-refractivity contribution in [3.63, 3.8) is 0 Å². The normalized spacial score (nSPS) is 11.8. The van der Waals surface area contributed by atoms with Gasteiger partial charge in [-0.25, -0.2) is 0 Å².